The van der Waals surface area contributed by atoms with Crippen molar-refractivity contribution < 1.29 is 9.59 Å². The van der Waals surface area contributed by atoms with E-state index in [1.807, 2.05) is 6.92 Å². The number of nitrogens with one attached hydrogen (secondary N) is 3. The molecule has 0 aromatic rings. The van der Waals surface area contributed by atoms with Crippen LogP contribution < -0.4 is 21.7 Å². The molecule has 100 valence electrons. The van der Waals surface area contributed by atoms with Crippen LogP contribution in [-0.2, 0) is 9.59 Å². The third-order valence-electron chi connectivity index (χ3n) is 2.10. The van der Waals surface area contributed by atoms with E-state index in [0.717, 1.165) is 13.0 Å². The van der Waals surface area contributed by atoms with Crippen LogP contribution in [0.25, 0.3) is 0 Å². The molecule has 0 saturated heterocycles. The molecule has 0 aliphatic heterocycles. The molecule has 0 fully saturated rings. The first-order valence-electron chi connectivity index (χ1n) is 6.14. The molecule has 0 aliphatic carbocycles. The van der Waals surface area contributed by atoms with Crippen LogP contribution in [-0.4, -0.2) is 44.5 Å². The number of rotatable bonds is 10. The fraction of sp³-hybridized carbons (Fsp3) is 0.818. The summed E-state index contributed by atoms with van der Waals surface area (Å²) >= 11 is 0. The van der Waals surface area contributed by atoms with Gasteiger partial charge < -0.3 is 21.7 Å². The van der Waals surface area contributed by atoms with Crippen molar-refractivity contribution in [3.05, 3.63) is 0 Å². The smallest absolute Gasteiger partial charge is 0.221 e. The van der Waals surface area contributed by atoms with Gasteiger partial charge in [-0.2, -0.15) is 0 Å². The van der Waals surface area contributed by atoms with Crippen LogP contribution in [0.1, 0.15) is 26.2 Å². The van der Waals surface area contributed by atoms with Crippen molar-refractivity contribution in [2.75, 3.05) is 32.7 Å². The van der Waals surface area contributed by atoms with Gasteiger partial charge in [-0.3, -0.25) is 9.59 Å². The van der Waals surface area contributed by atoms with Crippen molar-refractivity contribution in [2.24, 2.45) is 5.73 Å². The second-order valence-electron chi connectivity index (χ2n) is 3.74. The molecule has 0 unspecified atom stereocenters. The van der Waals surface area contributed by atoms with E-state index in [1.54, 1.807) is 0 Å². The molecule has 0 saturated carbocycles. The topological polar surface area (TPSA) is 96.2 Å². The lowest BCUT2D eigenvalue weighted by atomic mass is 10.3. The van der Waals surface area contributed by atoms with E-state index in [1.165, 1.54) is 0 Å². The third-order valence-corrected chi connectivity index (χ3v) is 2.10. The monoisotopic (exact) mass is 244 g/mol. The first-order valence-corrected chi connectivity index (χ1v) is 6.14. The first kappa shape index (κ1) is 15.9. The van der Waals surface area contributed by atoms with Gasteiger partial charge in [-0.15, -0.1) is 0 Å². The van der Waals surface area contributed by atoms with E-state index in [0.29, 0.717) is 39.0 Å². The minimum absolute atomic E-state index is 0.0324. The summed E-state index contributed by atoms with van der Waals surface area (Å²) in [6, 6.07) is 0. The fourth-order valence-corrected chi connectivity index (χ4v) is 1.19. The highest BCUT2D eigenvalue weighted by molar-refractivity contribution is 5.76. The number of carbonyl (C=O) groups is 2. The zero-order valence-corrected chi connectivity index (χ0v) is 10.6. The molecule has 0 spiro atoms. The molecule has 17 heavy (non-hydrogen) atoms. The van der Waals surface area contributed by atoms with Gasteiger partial charge in [0.25, 0.3) is 0 Å². The molecule has 5 N–H and O–H groups in total. The maximum Gasteiger partial charge on any atom is 0.221 e. The predicted molar refractivity (Wildman–Crippen MR) is 67.5 cm³/mol. The molecule has 2 amide bonds. The fourth-order valence-electron chi connectivity index (χ4n) is 1.19. The van der Waals surface area contributed by atoms with Gasteiger partial charge in [0.2, 0.25) is 11.8 Å². The lowest BCUT2D eigenvalue weighted by Gasteiger charge is -2.06. The van der Waals surface area contributed by atoms with Crippen LogP contribution in [0.5, 0.6) is 0 Å². The molecule has 0 rings (SSSR count). The Balaban J connectivity index is 3.23. The van der Waals surface area contributed by atoms with Crippen LogP contribution in [0.4, 0.5) is 0 Å². The highest BCUT2D eigenvalue weighted by Crippen LogP contribution is 1.79. The molecular formula is C11H24N4O2. The molecular weight excluding hydrogens is 220 g/mol. The number of hydrogen-bond acceptors (Lipinski definition) is 4. The Morgan fingerprint density at radius 1 is 0.941 bits per heavy atom. The number of carbonyl (C=O) groups excluding carboxylic acids is 2. The van der Waals surface area contributed by atoms with Gasteiger partial charge in [-0.1, -0.05) is 6.92 Å². The largest absolute Gasteiger partial charge is 0.356 e. The van der Waals surface area contributed by atoms with Crippen LogP contribution in [0, 0.1) is 0 Å². The molecule has 0 radical (unpaired) electrons. The van der Waals surface area contributed by atoms with Crippen molar-refractivity contribution >= 4 is 11.8 Å². The highest BCUT2D eigenvalue weighted by atomic mass is 16.2. The second-order valence-corrected chi connectivity index (χ2v) is 3.74. The summed E-state index contributed by atoms with van der Waals surface area (Å²) in [5.74, 6) is 0.0292. The van der Waals surface area contributed by atoms with Crippen LogP contribution in [0.15, 0.2) is 0 Å². The Morgan fingerprint density at radius 3 is 2.24 bits per heavy atom. The van der Waals surface area contributed by atoms with Crippen LogP contribution in [0.2, 0.25) is 0 Å². The van der Waals surface area contributed by atoms with Crippen molar-refractivity contribution in [3.63, 3.8) is 0 Å². The van der Waals surface area contributed by atoms with Crippen molar-refractivity contribution in [1.29, 1.82) is 0 Å². The molecule has 0 aromatic heterocycles. The van der Waals surface area contributed by atoms with E-state index < -0.39 is 0 Å². The summed E-state index contributed by atoms with van der Waals surface area (Å²) in [5.41, 5.74) is 5.23. The summed E-state index contributed by atoms with van der Waals surface area (Å²) in [4.78, 5) is 22.2. The van der Waals surface area contributed by atoms with Crippen molar-refractivity contribution in [2.45, 2.75) is 26.2 Å². The van der Waals surface area contributed by atoms with Crippen molar-refractivity contribution in [3.8, 4) is 0 Å². The molecule has 0 bridgehead atoms. The van der Waals surface area contributed by atoms with E-state index in [9.17, 15) is 9.59 Å². The van der Waals surface area contributed by atoms with Crippen molar-refractivity contribution in [1.82, 2.24) is 16.0 Å². The normalized spacial score (nSPS) is 10.0. The maximum absolute atomic E-state index is 11.2. The van der Waals surface area contributed by atoms with E-state index in [4.69, 9.17) is 5.73 Å². The average molecular weight is 244 g/mol. The molecule has 0 heterocycles. The number of amides is 2. The van der Waals surface area contributed by atoms with E-state index in [-0.39, 0.29) is 11.8 Å². The quantitative estimate of drug-likeness (QED) is 0.369. The summed E-state index contributed by atoms with van der Waals surface area (Å²) < 4.78 is 0. The van der Waals surface area contributed by atoms with Gasteiger partial charge in [0.05, 0.1) is 0 Å². The standard InChI is InChI=1S/C11H24N4O2/c1-2-6-14-11(17)4-7-13-8-9-15-10(16)3-5-12/h13H,2-9,12H2,1H3,(H,14,17)(H,15,16). The summed E-state index contributed by atoms with van der Waals surface area (Å²) in [6.07, 6.45) is 1.78. The maximum atomic E-state index is 11.2. The van der Waals surface area contributed by atoms with Gasteiger partial charge >= 0.3 is 0 Å². The minimum Gasteiger partial charge on any atom is -0.356 e. The summed E-state index contributed by atoms with van der Waals surface area (Å²) in [6.45, 7) is 4.97. The Morgan fingerprint density at radius 2 is 1.59 bits per heavy atom. The Bertz CT molecular complexity index is 222. The van der Waals surface area contributed by atoms with Crippen LogP contribution in [0.3, 0.4) is 0 Å². The Labute approximate surface area is 103 Å². The first-order chi connectivity index (χ1) is 8.20. The van der Waals surface area contributed by atoms with Gasteiger partial charge in [0.15, 0.2) is 0 Å². The molecule has 0 aromatic carbocycles. The summed E-state index contributed by atoms with van der Waals surface area (Å²) in [7, 11) is 0. The zero-order chi connectivity index (χ0) is 12.9. The van der Waals surface area contributed by atoms with Gasteiger partial charge in [-0.05, 0) is 6.42 Å². The molecule has 0 atom stereocenters. The average Bonchev–Trinajstić information content (AvgIpc) is 2.31. The minimum atomic E-state index is -0.0324. The van der Waals surface area contributed by atoms with E-state index >= 15 is 0 Å². The third kappa shape index (κ3) is 11.1. The number of nitrogens with two attached hydrogens (primary N) is 1. The molecule has 0 aliphatic rings. The van der Waals surface area contributed by atoms with Gasteiger partial charge in [0, 0.05) is 45.6 Å². The second kappa shape index (κ2) is 11.3. The lowest BCUT2D eigenvalue weighted by Crippen LogP contribution is -2.34. The SMILES string of the molecule is CCCNC(=O)CCNCCNC(=O)CCN. The van der Waals surface area contributed by atoms with E-state index in [2.05, 4.69) is 16.0 Å². The molecule has 6 heteroatoms. The highest BCUT2D eigenvalue weighted by Gasteiger charge is 1.99. The Hall–Kier alpha value is -1.14. The van der Waals surface area contributed by atoms with Gasteiger partial charge in [0.1, 0.15) is 0 Å². The van der Waals surface area contributed by atoms with Gasteiger partial charge in [-0.25, -0.2) is 0 Å². The lowest BCUT2D eigenvalue weighted by molar-refractivity contribution is -0.121. The summed E-state index contributed by atoms with van der Waals surface area (Å²) in [5, 5.41) is 8.60. The van der Waals surface area contributed by atoms with Crippen LogP contribution >= 0.6 is 0 Å². The number of hydrogen-bond donors (Lipinski definition) is 4. The zero-order valence-electron chi connectivity index (χ0n) is 10.6. The molecule has 6 nitrogen and oxygen atoms in total. The Kier molecular flexibility index (Phi) is 10.6. The predicted octanol–water partition coefficient (Wildman–Crippen LogP) is -1.04.